The van der Waals surface area contributed by atoms with Crippen molar-refractivity contribution in [2.75, 3.05) is 0 Å². The Morgan fingerprint density at radius 2 is 2.14 bits per heavy atom. The summed E-state index contributed by atoms with van der Waals surface area (Å²) >= 11 is 0. The first kappa shape index (κ1) is 10.5. The predicted molar refractivity (Wildman–Crippen MR) is 61.0 cm³/mol. The molecule has 0 aliphatic heterocycles. The molecule has 2 bridgehead atoms. The Hall–Kier alpha value is -0.0400. The molecular weight excluding hydrogens is 170 g/mol. The van der Waals surface area contributed by atoms with Gasteiger partial charge in [0, 0.05) is 6.04 Å². The van der Waals surface area contributed by atoms with Gasteiger partial charge < -0.3 is 5.73 Å². The average molecular weight is 195 g/mol. The van der Waals surface area contributed by atoms with Gasteiger partial charge in [-0.3, -0.25) is 0 Å². The van der Waals surface area contributed by atoms with Crippen LogP contribution in [0.1, 0.15) is 52.9 Å². The van der Waals surface area contributed by atoms with Crippen LogP contribution >= 0.6 is 0 Å². The Morgan fingerprint density at radius 3 is 2.64 bits per heavy atom. The third kappa shape index (κ3) is 1.41. The van der Waals surface area contributed by atoms with Gasteiger partial charge in [-0.1, -0.05) is 27.2 Å². The van der Waals surface area contributed by atoms with E-state index in [2.05, 4.69) is 20.8 Å². The first-order valence-corrected chi connectivity index (χ1v) is 6.33. The van der Waals surface area contributed by atoms with Gasteiger partial charge in [-0.05, 0) is 48.9 Å². The number of nitrogens with two attached hydrogens (primary N) is 1. The van der Waals surface area contributed by atoms with Gasteiger partial charge in [0.25, 0.3) is 0 Å². The third-order valence-corrected chi connectivity index (χ3v) is 5.16. The SMILES string of the molecule is CC[C@@H](C)C[C@]1(C)[C@H]2CC[C@H](C2)[C@H]1N. The van der Waals surface area contributed by atoms with Gasteiger partial charge in [0.1, 0.15) is 0 Å². The molecule has 1 heteroatoms. The highest BCUT2D eigenvalue weighted by Crippen LogP contribution is 2.57. The summed E-state index contributed by atoms with van der Waals surface area (Å²) in [5, 5.41) is 0. The van der Waals surface area contributed by atoms with E-state index < -0.39 is 0 Å². The molecule has 0 saturated heterocycles. The zero-order valence-corrected chi connectivity index (χ0v) is 9.92. The van der Waals surface area contributed by atoms with Crippen molar-refractivity contribution in [3.05, 3.63) is 0 Å². The Kier molecular flexibility index (Phi) is 2.63. The molecule has 0 heterocycles. The monoisotopic (exact) mass is 195 g/mol. The maximum atomic E-state index is 6.40. The van der Waals surface area contributed by atoms with Gasteiger partial charge in [-0.25, -0.2) is 0 Å². The topological polar surface area (TPSA) is 26.0 Å². The lowest BCUT2D eigenvalue weighted by atomic mass is 9.67. The van der Waals surface area contributed by atoms with E-state index in [1.807, 2.05) is 0 Å². The normalized spacial score (nSPS) is 48.4. The summed E-state index contributed by atoms with van der Waals surface area (Å²) in [6, 6.07) is 0.496. The second-order valence-corrected chi connectivity index (χ2v) is 6.02. The van der Waals surface area contributed by atoms with Gasteiger partial charge in [-0.2, -0.15) is 0 Å². The van der Waals surface area contributed by atoms with E-state index in [1.54, 1.807) is 0 Å². The maximum absolute atomic E-state index is 6.40. The maximum Gasteiger partial charge on any atom is 0.0124 e. The highest BCUT2D eigenvalue weighted by atomic mass is 14.8. The summed E-state index contributed by atoms with van der Waals surface area (Å²) < 4.78 is 0. The Bertz CT molecular complexity index is 209. The highest BCUT2D eigenvalue weighted by molar-refractivity contribution is 5.06. The van der Waals surface area contributed by atoms with E-state index >= 15 is 0 Å². The molecule has 5 atom stereocenters. The lowest BCUT2D eigenvalue weighted by Gasteiger charge is -2.41. The van der Waals surface area contributed by atoms with Gasteiger partial charge in [0.15, 0.2) is 0 Å². The zero-order valence-electron chi connectivity index (χ0n) is 9.92. The first-order chi connectivity index (χ1) is 6.58. The molecule has 0 aromatic rings. The van der Waals surface area contributed by atoms with Gasteiger partial charge in [0.05, 0.1) is 0 Å². The molecule has 0 spiro atoms. The molecule has 2 aliphatic rings. The Morgan fingerprint density at radius 1 is 1.43 bits per heavy atom. The summed E-state index contributed by atoms with van der Waals surface area (Å²) in [5.41, 5.74) is 6.87. The molecule has 2 rings (SSSR count). The van der Waals surface area contributed by atoms with Crippen LogP contribution in [-0.4, -0.2) is 6.04 Å². The molecule has 2 N–H and O–H groups in total. The molecule has 2 saturated carbocycles. The largest absolute Gasteiger partial charge is 0.327 e. The molecule has 14 heavy (non-hydrogen) atoms. The van der Waals surface area contributed by atoms with Crippen molar-refractivity contribution in [3.63, 3.8) is 0 Å². The molecular formula is C13H25N. The van der Waals surface area contributed by atoms with Crippen LogP contribution in [0, 0.1) is 23.2 Å². The van der Waals surface area contributed by atoms with Crippen LogP contribution in [0.25, 0.3) is 0 Å². The van der Waals surface area contributed by atoms with Crippen LogP contribution in [-0.2, 0) is 0 Å². The molecule has 0 amide bonds. The van der Waals surface area contributed by atoms with E-state index in [9.17, 15) is 0 Å². The fourth-order valence-corrected chi connectivity index (χ4v) is 3.95. The minimum Gasteiger partial charge on any atom is -0.327 e. The number of hydrogen-bond acceptors (Lipinski definition) is 1. The molecule has 0 aromatic carbocycles. The second-order valence-electron chi connectivity index (χ2n) is 6.02. The van der Waals surface area contributed by atoms with Crippen LogP contribution in [0.2, 0.25) is 0 Å². The van der Waals surface area contributed by atoms with Gasteiger partial charge >= 0.3 is 0 Å². The van der Waals surface area contributed by atoms with E-state index in [0.717, 1.165) is 17.8 Å². The van der Waals surface area contributed by atoms with E-state index in [-0.39, 0.29) is 0 Å². The number of hydrogen-bond donors (Lipinski definition) is 1. The van der Waals surface area contributed by atoms with Crippen LogP contribution in [0.3, 0.4) is 0 Å². The molecule has 2 aliphatic carbocycles. The van der Waals surface area contributed by atoms with Crippen LogP contribution in [0.5, 0.6) is 0 Å². The van der Waals surface area contributed by atoms with Crippen molar-refractivity contribution in [2.45, 2.75) is 58.9 Å². The van der Waals surface area contributed by atoms with Crippen molar-refractivity contribution in [1.82, 2.24) is 0 Å². The molecule has 2 fully saturated rings. The number of rotatable bonds is 3. The Labute approximate surface area is 88.4 Å². The number of fused-ring (bicyclic) bond motifs is 2. The van der Waals surface area contributed by atoms with Gasteiger partial charge in [-0.15, -0.1) is 0 Å². The molecule has 0 radical (unpaired) electrons. The first-order valence-electron chi connectivity index (χ1n) is 6.33. The molecule has 82 valence electrons. The van der Waals surface area contributed by atoms with Crippen LogP contribution in [0.15, 0.2) is 0 Å². The average Bonchev–Trinajstić information content (AvgIpc) is 2.71. The molecule has 0 aromatic heterocycles. The van der Waals surface area contributed by atoms with Crippen molar-refractivity contribution in [3.8, 4) is 0 Å². The van der Waals surface area contributed by atoms with Crippen molar-refractivity contribution in [2.24, 2.45) is 28.9 Å². The zero-order chi connectivity index (χ0) is 10.3. The van der Waals surface area contributed by atoms with Crippen molar-refractivity contribution in [1.29, 1.82) is 0 Å². The summed E-state index contributed by atoms with van der Waals surface area (Å²) in [6.45, 7) is 7.13. The van der Waals surface area contributed by atoms with Crippen LogP contribution in [0.4, 0.5) is 0 Å². The molecule has 1 nitrogen and oxygen atoms in total. The lowest BCUT2D eigenvalue weighted by molar-refractivity contribution is 0.118. The minimum atomic E-state index is 0.471. The predicted octanol–water partition coefficient (Wildman–Crippen LogP) is 3.19. The van der Waals surface area contributed by atoms with Crippen molar-refractivity contribution >= 4 is 0 Å². The van der Waals surface area contributed by atoms with Crippen LogP contribution < -0.4 is 5.73 Å². The smallest absolute Gasteiger partial charge is 0.0124 e. The van der Waals surface area contributed by atoms with Crippen molar-refractivity contribution < 1.29 is 0 Å². The van der Waals surface area contributed by atoms with E-state index in [4.69, 9.17) is 5.73 Å². The lowest BCUT2D eigenvalue weighted by Crippen LogP contribution is -2.45. The molecule has 0 unspecified atom stereocenters. The quantitative estimate of drug-likeness (QED) is 0.735. The fraction of sp³-hybridized carbons (Fsp3) is 1.00. The summed E-state index contributed by atoms with van der Waals surface area (Å²) in [5.74, 6) is 2.65. The standard InChI is InChI=1S/C13H25N/c1-4-9(2)8-13(3)11-6-5-10(7-11)12(13)14/h9-12H,4-8,14H2,1-3H3/t9-,10-,11+,12-,13-/m1/s1. The summed E-state index contributed by atoms with van der Waals surface area (Å²) in [7, 11) is 0. The highest BCUT2D eigenvalue weighted by Gasteiger charge is 2.53. The summed E-state index contributed by atoms with van der Waals surface area (Å²) in [6.07, 6.45) is 6.94. The minimum absolute atomic E-state index is 0.471. The van der Waals surface area contributed by atoms with E-state index in [1.165, 1.54) is 32.1 Å². The summed E-state index contributed by atoms with van der Waals surface area (Å²) in [4.78, 5) is 0. The Balaban J connectivity index is 2.07. The third-order valence-electron chi connectivity index (χ3n) is 5.16. The fourth-order valence-electron chi connectivity index (χ4n) is 3.95. The second kappa shape index (κ2) is 3.52. The van der Waals surface area contributed by atoms with Gasteiger partial charge in [0.2, 0.25) is 0 Å². The van der Waals surface area contributed by atoms with E-state index in [0.29, 0.717) is 11.5 Å².